The molecule has 1 fully saturated rings. The normalized spacial score (nSPS) is 14.9. The van der Waals surface area contributed by atoms with Crippen molar-refractivity contribution in [3.63, 3.8) is 0 Å². The van der Waals surface area contributed by atoms with Crippen LogP contribution >= 0.6 is 11.3 Å². The second-order valence-corrected chi connectivity index (χ2v) is 15.5. The number of likely N-dealkylation sites (N-methyl/N-ethyl adjacent to an activating group) is 1. The Balaban J connectivity index is 1.10. The number of carbonyl (C=O) groups is 5. The van der Waals surface area contributed by atoms with Crippen molar-refractivity contribution >= 4 is 51.7 Å². The molecule has 6 rings (SSSR count). The number of carboxylic acids is 2. The fraction of sp³-hybridized carbons (Fsp3) is 0.372. The quantitative estimate of drug-likeness (QED) is 0.0933. The molecule has 12 nitrogen and oxygen atoms in total. The fourth-order valence-electron chi connectivity index (χ4n) is 7.17. The smallest absolute Gasteiger partial charge is 0.335 e. The summed E-state index contributed by atoms with van der Waals surface area (Å²) in [5, 5.41) is 24.8. The van der Waals surface area contributed by atoms with Crippen LogP contribution in [0, 0.1) is 0 Å². The standard InChI is InChI=1S/C43H48N4O8S/c1-46(37(48)19-20-38(49)50)22-23-47(34-21-24-55-27-34)26-30-5-4-6-32(25-30)40(51)45-42-39(35-7-2-3-8-36(35)56-42)41(52)44-33-17-13-29(14-18-33)10-9-28-11-15-31(16-12-28)43(53)54/h4-6,11-18,25,34H,2-3,7-10,19-24,26-27H2,1H3,(H,44,52)(H,45,51)(H,49,50)(H,53,54)/t34-/m0/s1. The molecule has 0 bridgehead atoms. The number of anilines is 2. The Morgan fingerprint density at radius 2 is 1.52 bits per heavy atom. The van der Waals surface area contributed by atoms with Gasteiger partial charge in [-0.2, -0.15) is 0 Å². The average molecular weight is 781 g/mol. The molecule has 2 aliphatic rings. The van der Waals surface area contributed by atoms with E-state index in [1.165, 1.54) is 11.3 Å². The average Bonchev–Trinajstić information content (AvgIpc) is 3.87. The Morgan fingerprint density at radius 3 is 2.20 bits per heavy atom. The van der Waals surface area contributed by atoms with Crippen molar-refractivity contribution in [3.8, 4) is 0 Å². The van der Waals surface area contributed by atoms with Crippen LogP contribution in [0.1, 0.15) is 90.3 Å². The molecule has 13 heteroatoms. The van der Waals surface area contributed by atoms with Crippen molar-refractivity contribution in [2.75, 3.05) is 44.0 Å². The van der Waals surface area contributed by atoms with Gasteiger partial charge in [0.25, 0.3) is 11.8 Å². The van der Waals surface area contributed by atoms with Crippen LogP contribution in [-0.4, -0.2) is 89.1 Å². The highest BCUT2D eigenvalue weighted by molar-refractivity contribution is 7.17. The highest BCUT2D eigenvalue weighted by atomic mass is 32.1. The lowest BCUT2D eigenvalue weighted by molar-refractivity contribution is -0.140. The van der Waals surface area contributed by atoms with Crippen LogP contribution in [0.3, 0.4) is 0 Å². The molecule has 0 spiro atoms. The van der Waals surface area contributed by atoms with E-state index in [1.54, 1.807) is 30.1 Å². The van der Waals surface area contributed by atoms with E-state index < -0.39 is 11.9 Å². The second kappa shape index (κ2) is 19.0. The molecule has 1 aromatic heterocycles. The van der Waals surface area contributed by atoms with Gasteiger partial charge in [0.15, 0.2) is 0 Å². The highest BCUT2D eigenvalue weighted by Gasteiger charge is 2.28. The summed E-state index contributed by atoms with van der Waals surface area (Å²) in [6, 6.07) is 22.2. The van der Waals surface area contributed by atoms with E-state index in [4.69, 9.17) is 14.9 Å². The minimum atomic E-state index is -1.00. The summed E-state index contributed by atoms with van der Waals surface area (Å²) < 4.78 is 5.67. The molecular formula is C43H48N4O8S. The van der Waals surface area contributed by atoms with Gasteiger partial charge in [-0.3, -0.25) is 24.1 Å². The Labute approximate surface area is 330 Å². The topological polar surface area (TPSA) is 166 Å². The maximum atomic E-state index is 13.9. The molecular weight excluding hydrogens is 733 g/mol. The maximum Gasteiger partial charge on any atom is 0.335 e. The third-order valence-electron chi connectivity index (χ3n) is 10.4. The second-order valence-electron chi connectivity index (χ2n) is 14.4. The van der Waals surface area contributed by atoms with Gasteiger partial charge in [-0.25, -0.2) is 4.79 Å². The Kier molecular flexibility index (Phi) is 13.7. The first-order chi connectivity index (χ1) is 27.0. The number of nitrogens with zero attached hydrogens (tertiary/aromatic N) is 2. The van der Waals surface area contributed by atoms with Gasteiger partial charge in [-0.05, 0) is 104 Å². The van der Waals surface area contributed by atoms with Crippen LogP contribution in [0.4, 0.5) is 10.7 Å². The number of nitrogens with one attached hydrogen (secondary N) is 2. The molecule has 294 valence electrons. The number of benzene rings is 3. The molecule has 0 radical (unpaired) electrons. The number of aromatic carboxylic acids is 1. The van der Waals surface area contributed by atoms with E-state index in [0.29, 0.717) is 54.7 Å². The molecule has 4 aromatic rings. The Morgan fingerprint density at radius 1 is 0.804 bits per heavy atom. The summed E-state index contributed by atoms with van der Waals surface area (Å²) >= 11 is 1.47. The Hall–Kier alpha value is -5.37. The molecule has 0 unspecified atom stereocenters. The van der Waals surface area contributed by atoms with Gasteiger partial charge in [-0.1, -0.05) is 36.4 Å². The molecule has 3 amide bonds. The van der Waals surface area contributed by atoms with Gasteiger partial charge >= 0.3 is 11.9 Å². The molecule has 56 heavy (non-hydrogen) atoms. The minimum Gasteiger partial charge on any atom is -0.481 e. The van der Waals surface area contributed by atoms with Crippen LogP contribution in [-0.2, 0) is 46.6 Å². The van der Waals surface area contributed by atoms with Crippen molar-refractivity contribution in [2.24, 2.45) is 0 Å². The largest absolute Gasteiger partial charge is 0.481 e. The van der Waals surface area contributed by atoms with Crippen LogP contribution in [0.15, 0.2) is 72.8 Å². The summed E-state index contributed by atoms with van der Waals surface area (Å²) in [6.45, 7) is 2.75. The van der Waals surface area contributed by atoms with E-state index in [1.807, 2.05) is 54.6 Å². The zero-order valence-corrected chi connectivity index (χ0v) is 32.4. The SMILES string of the molecule is CN(CCN(Cc1cccc(C(=O)Nc2sc3c(c2C(=O)Nc2ccc(CCc4ccc(C(=O)O)cc4)cc2)CCCC3)c1)[C@H]1CCOC1)C(=O)CCC(=O)O. The zero-order valence-electron chi connectivity index (χ0n) is 31.6. The van der Waals surface area contributed by atoms with E-state index in [2.05, 4.69) is 15.5 Å². The van der Waals surface area contributed by atoms with E-state index in [-0.39, 0.29) is 42.2 Å². The number of aryl methyl sites for hydroxylation is 3. The number of fused-ring (bicyclic) bond motifs is 1. The Bertz CT molecular complexity index is 2040. The minimum absolute atomic E-state index is 0.0454. The maximum absolute atomic E-state index is 13.9. The predicted molar refractivity (Wildman–Crippen MR) is 215 cm³/mol. The number of carbonyl (C=O) groups excluding carboxylic acids is 3. The summed E-state index contributed by atoms with van der Waals surface area (Å²) in [5.41, 5.74) is 5.94. The number of thiophene rings is 1. The molecule has 0 saturated carbocycles. The number of rotatable bonds is 17. The molecule has 1 atom stereocenters. The lowest BCUT2D eigenvalue weighted by Crippen LogP contribution is -2.41. The molecule has 1 aliphatic carbocycles. The first-order valence-corrected chi connectivity index (χ1v) is 19.9. The molecule has 1 saturated heterocycles. The summed E-state index contributed by atoms with van der Waals surface area (Å²) in [5.74, 6) is -2.73. The van der Waals surface area contributed by atoms with E-state index in [9.17, 15) is 24.0 Å². The molecule has 3 aromatic carbocycles. The number of amides is 3. The first kappa shape index (κ1) is 40.3. The van der Waals surface area contributed by atoms with Crippen molar-refractivity contribution in [1.82, 2.24) is 9.80 Å². The number of aliphatic carboxylic acids is 1. The van der Waals surface area contributed by atoms with Crippen molar-refractivity contribution in [2.45, 2.75) is 70.4 Å². The van der Waals surface area contributed by atoms with Gasteiger partial charge < -0.3 is 30.5 Å². The zero-order chi connectivity index (χ0) is 39.6. The van der Waals surface area contributed by atoms with Gasteiger partial charge in [-0.15, -0.1) is 11.3 Å². The van der Waals surface area contributed by atoms with Gasteiger partial charge in [0, 0.05) is 61.9 Å². The van der Waals surface area contributed by atoms with Gasteiger partial charge in [0.05, 0.1) is 24.2 Å². The van der Waals surface area contributed by atoms with Crippen LogP contribution in [0.5, 0.6) is 0 Å². The summed E-state index contributed by atoms with van der Waals surface area (Å²) in [4.78, 5) is 67.2. The third-order valence-corrected chi connectivity index (χ3v) is 11.6. The number of hydrogen-bond acceptors (Lipinski definition) is 8. The van der Waals surface area contributed by atoms with Crippen molar-refractivity contribution < 1.29 is 38.9 Å². The van der Waals surface area contributed by atoms with Crippen LogP contribution < -0.4 is 10.6 Å². The monoisotopic (exact) mass is 780 g/mol. The van der Waals surface area contributed by atoms with Gasteiger partial charge in [0.2, 0.25) is 5.91 Å². The summed E-state index contributed by atoms with van der Waals surface area (Å²) in [7, 11) is 1.68. The molecule has 4 N–H and O–H groups in total. The number of carboxylic acid groups (broad SMARTS) is 2. The third kappa shape index (κ3) is 10.7. The lowest BCUT2D eigenvalue weighted by atomic mass is 9.95. The fourth-order valence-corrected chi connectivity index (χ4v) is 8.46. The van der Waals surface area contributed by atoms with Crippen LogP contribution in [0.25, 0.3) is 0 Å². The first-order valence-electron chi connectivity index (χ1n) is 19.1. The van der Waals surface area contributed by atoms with Crippen molar-refractivity contribution in [1.29, 1.82) is 0 Å². The summed E-state index contributed by atoms with van der Waals surface area (Å²) in [6.07, 6.45) is 5.75. The molecule has 2 heterocycles. The van der Waals surface area contributed by atoms with Crippen molar-refractivity contribution in [3.05, 3.63) is 117 Å². The van der Waals surface area contributed by atoms with E-state index >= 15 is 0 Å². The van der Waals surface area contributed by atoms with Crippen LogP contribution in [0.2, 0.25) is 0 Å². The van der Waals surface area contributed by atoms with E-state index in [0.717, 1.165) is 72.1 Å². The molecule has 1 aliphatic heterocycles. The van der Waals surface area contributed by atoms with Gasteiger partial charge in [0.1, 0.15) is 5.00 Å². The number of hydrogen-bond donors (Lipinski definition) is 4. The lowest BCUT2D eigenvalue weighted by Gasteiger charge is -2.30. The number of ether oxygens (including phenoxy) is 1. The highest BCUT2D eigenvalue weighted by Crippen LogP contribution is 2.39. The predicted octanol–water partition coefficient (Wildman–Crippen LogP) is 6.53.